The van der Waals surface area contributed by atoms with Gasteiger partial charge in [0, 0.05) is 6.42 Å². The van der Waals surface area contributed by atoms with E-state index in [0.29, 0.717) is 18.6 Å². The molecule has 0 spiro atoms. The number of carboxylic acids is 2. The summed E-state index contributed by atoms with van der Waals surface area (Å²) in [5, 5.41) is 89.9. The van der Waals surface area contributed by atoms with Gasteiger partial charge in [-0.1, -0.05) is 26.0 Å². The normalized spacial score (nSPS) is 32.2. The minimum absolute atomic E-state index is 0.0810. The zero-order valence-electron chi connectivity index (χ0n) is 26.0. The second kappa shape index (κ2) is 15.0. The van der Waals surface area contributed by atoms with Crippen LogP contribution in [-0.4, -0.2) is 120 Å². The fourth-order valence-corrected chi connectivity index (χ4v) is 5.85. The highest BCUT2D eigenvalue weighted by atomic mass is 16.7. The van der Waals surface area contributed by atoms with Gasteiger partial charge >= 0.3 is 11.9 Å². The first-order valence-corrected chi connectivity index (χ1v) is 15.1. The van der Waals surface area contributed by atoms with Gasteiger partial charge in [0.15, 0.2) is 29.1 Å². The van der Waals surface area contributed by atoms with Crippen LogP contribution in [0.4, 0.5) is 0 Å². The zero-order valence-corrected chi connectivity index (χ0v) is 26.0. The lowest BCUT2D eigenvalue weighted by atomic mass is 9.80. The predicted octanol–water partition coefficient (Wildman–Crippen LogP) is -0.336. The van der Waals surface area contributed by atoms with Crippen LogP contribution in [0, 0.1) is 17.8 Å². The van der Waals surface area contributed by atoms with E-state index in [2.05, 4.69) is 0 Å². The van der Waals surface area contributed by atoms with E-state index >= 15 is 0 Å². The molecule has 0 unspecified atom stereocenters. The number of aromatic hydroxyl groups is 1. The van der Waals surface area contributed by atoms with Crippen LogP contribution < -0.4 is 14.2 Å². The molecule has 1 heterocycles. The van der Waals surface area contributed by atoms with E-state index < -0.39 is 73.0 Å². The summed E-state index contributed by atoms with van der Waals surface area (Å²) in [6, 6.07) is 9.76. The van der Waals surface area contributed by atoms with Gasteiger partial charge in [0.1, 0.15) is 36.6 Å². The highest BCUT2D eigenvalue weighted by molar-refractivity contribution is 5.73. The summed E-state index contributed by atoms with van der Waals surface area (Å²) in [6.07, 6.45) is -14.1. The van der Waals surface area contributed by atoms with Crippen LogP contribution in [0.3, 0.4) is 0 Å². The number of carbonyl (C=O) groups is 2. The van der Waals surface area contributed by atoms with Gasteiger partial charge in [0.25, 0.3) is 0 Å². The van der Waals surface area contributed by atoms with E-state index in [1.165, 1.54) is 19.2 Å². The Hall–Kier alpha value is -3.70. The maximum atomic E-state index is 11.5. The minimum Gasteiger partial charge on any atom is -0.504 e. The van der Waals surface area contributed by atoms with E-state index in [4.69, 9.17) is 18.9 Å². The van der Waals surface area contributed by atoms with Crippen molar-refractivity contribution >= 4 is 11.9 Å². The summed E-state index contributed by atoms with van der Waals surface area (Å²) < 4.78 is 22.1. The lowest BCUT2D eigenvalue weighted by Gasteiger charge is -2.38. The fraction of sp³-hybridized carbons (Fsp3) is 0.562. The number of aliphatic hydroxyl groups excluding tert-OH is 6. The summed E-state index contributed by atoms with van der Waals surface area (Å²) in [7, 11) is 1.43. The molecule has 2 aliphatic rings. The van der Waals surface area contributed by atoms with Crippen molar-refractivity contribution < 1.29 is 74.5 Å². The predicted molar refractivity (Wildman–Crippen MR) is 160 cm³/mol. The number of aliphatic hydroxyl groups is 6. The first-order chi connectivity index (χ1) is 22.1. The van der Waals surface area contributed by atoms with Gasteiger partial charge in [-0.25, -0.2) is 4.79 Å². The van der Waals surface area contributed by atoms with Gasteiger partial charge in [0.2, 0.25) is 6.29 Å². The van der Waals surface area contributed by atoms with E-state index in [1.807, 2.05) is 13.8 Å². The highest BCUT2D eigenvalue weighted by Crippen LogP contribution is 2.36. The third-order valence-electron chi connectivity index (χ3n) is 8.97. The Kier molecular flexibility index (Phi) is 11.6. The number of carboxylic acid groups (broad SMARTS) is 2. The standard InChI is InChI=1S/C32H42O15/c1-13(8-15-4-6-18(33)20(10-15)46-32-28(39)26(37)27(38)29(47-32)31(42)43)14(2)9-16-5-7-19(21(11-16)44-3)45-22-12-17(30(40)41)23(34)25(36)24(22)35/h4-7,10-11,13-14,17,22-29,32-39H,8-9,12H2,1-3H3,(H,40,41)(H,42,43)/t13-,14+,17+,22-,23-,24+,25+,26+,27+,28-,29+,32-/m1/s1. The van der Waals surface area contributed by atoms with Crippen LogP contribution in [0.2, 0.25) is 0 Å². The Bertz CT molecular complexity index is 1400. The number of phenols is 1. The number of aliphatic carboxylic acids is 2. The first kappa shape index (κ1) is 36.1. The average molecular weight is 667 g/mol. The number of hydrogen-bond acceptors (Lipinski definition) is 13. The summed E-state index contributed by atoms with van der Waals surface area (Å²) in [4.78, 5) is 22.9. The number of rotatable bonds is 12. The maximum absolute atomic E-state index is 11.5. The third kappa shape index (κ3) is 8.06. The van der Waals surface area contributed by atoms with Crippen molar-refractivity contribution in [2.75, 3.05) is 7.11 Å². The zero-order chi connectivity index (χ0) is 34.7. The molecule has 2 fully saturated rings. The van der Waals surface area contributed by atoms with E-state index in [0.717, 1.165) is 11.1 Å². The van der Waals surface area contributed by atoms with Gasteiger partial charge < -0.3 is 64.9 Å². The molecule has 1 aliphatic heterocycles. The molecule has 260 valence electrons. The summed E-state index contributed by atoms with van der Waals surface area (Å²) in [5.74, 6) is -3.87. The Morgan fingerprint density at radius 2 is 1.32 bits per heavy atom. The molecule has 15 heteroatoms. The molecule has 9 N–H and O–H groups in total. The maximum Gasteiger partial charge on any atom is 0.335 e. The molecule has 1 aliphatic carbocycles. The van der Waals surface area contributed by atoms with Gasteiger partial charge in [0.05, 0.1) is 19.1 Å². The van der Waals surface area contributed by atoms with Crippen molar-refractivity contribution in [2.45, 2.75) is 88.2 Å². The smallest absolute Gasteiger partial charge is 0.335 e. The second-order valence-corrected chi connectivity index (χ2v) is 12.3. The third-order valence-corrected chi connectivity index (χ3v) is 8.97. The molecular weight excluding hydrogens is 624 g/mol. The summed E-state index contributed by atoms with van der Waals surface area (Å²) in [5.41, 5.74) is 1.64. The molecule has 0 aromatic heterocycles. The Morgan fingerprint density at radius 1 is 0.745 bits per heavy atom. The van der Waals surface area contributed by atoms with Crippen molar-refractivity contribution in [1.29, 1.82) is 0 Å². The Balaban J connectivity index is 1.40. The molecule has 1 saturated carbocycles. The van der Waals surface area contributed by atoms with Crippen molar-refractivity contribution in [3.05, 3.63) is 47.5 Å². The fourth-order valence-electron chi connectivity index (χ4n) is 5.85. The van der Waals surface area contributed by atoms with Crippen molar-refractivity contribution in [2.24, 2.45) is 17.8 Å². The molecule has 0 bridgehead atoms. The molecule has 47 heavy (non-hydrogen) atoms. The summed E-state index contributed by atoms with van der Waals surface area (Å²) in [6.45, 7) is 4.07. The topological polar surface area (TPSA) is 253 Å². The molecule has 2 aromatic rings. The van der Waals surface area contributed by atoms with Crippen LogP contribution in [0.1, 0.15) is 31.4 Å². The molecule has 0 radical (unpaired) electrons. The number of phenolic OH excluding ortho intramolecular Hbond substituents is 1. The second-order valence-electron chi connectivity index (χ2n) is 12.3. The lowest BCUT2D eigenvalue weighted by Crippen LogP contribution is -2.61. The number of ether oxygens (including phenoxy) is 4. The van der Waals surface area contributed by atoms with Crippen molar-refractivity contribution in [3.8, 4) is 23.0 Å². The van der Waals surface area contributed by atoms with Crippen LogP contribution in [0.15, 0.2) is 36.4 Å². The first-order valence-electron chi connectivity index (χ1n) is 15.1. The number of benzene rings is 2. The van der Waals surface area contributed by atoms with Crippen molar-refractivity contribution in [1.82, 2.24) is 0 Å². The Morgan fingerprint density at radius 3 is 1.89 bits per heavy atom. The van der Waals surface area contributed by atoms with Gasteiger partial charge in [-0.2, -0.15) is 0 Å². The Labute approximate surface area is 270 Å². The number of hydrogen-bond donors (Lipinski definition) is 9. The largest absolute Gasteiger partial charge is 0.504 e. The molecule has 15 nitrogen and oxygen atoms in total. The van der Waals surface area contributed by atoms with Crippen LogP contribution in [0.25, 0.3) is 0 Å². The number of methoxy groups -OCH3 is 1. The van der Waals surface area contributed by atoms with E-state index in [1.54, 1.807) is 24.3 Å². The van der Waals surface area contributed by atoms with E-state index in [-0.39, 0.29) is 35.5 Å². The molecule has 1 saturated heterocycles. The van der Waals surface area contributed by atoms with Crippen LogP contribution in [-0.2, 0) is 27.2 Å². The highest BCUT2D eigenvalue weighted by Gasteiger charge is 2.49. The molecule has 4 rings (SSSR count). The van der Waals surface area contributed by atoms with Crippen LogP contribution >= 0.6 is 0 Å². The minimum atomic E-state index is -1.88. The van der Waals surface area contributed by atoms with Gasteiger partial charge in [-0.15, -0.1) is 0 Å². The monoisotopic (exact) mass is 666 g/mol. The van der Waals surface area contributed by atoms with E-state index in [9.17, 15) is 55.5 Å². The van der Waals surface area contributed by atoms with Gasteiger partial charge in [-0.3, -0.25) is 4.79 Å². The van der Waals surface area contributed by atoms with Crippen molar-refractivity contribution in [3.63, 3.8) is 0 Å². The molecular formula is C32H42O15. The summed E-state index contributed by atoms with van der Waals surface area (Å²) >= 11 is 0. The molecule has 2 aromatic carbocycles. The van der Waals surface area contributed by atoms with Crippen LogP contribution in [0.5, 0.6) is 23.0 Å². The quantitative estimate of drug-likeness (QED) is 0.141. The molecule has 0 amide bonds. The SMILES string of the molecule is COc1cc(C[C@H](C)[C@H](C)Cc2ccc(O)c(O[C@@H]3O[C@H](C(=O)O)[C@@H](O)[C@H](O)[C@H]3O)c2)ccc1O[C@@H]1C[C@H](C(=O)O)[C@@H](O)[C@H](O)[C@H]1O. The lowest BCUT2D eigenvalue weighted by molar-refractivity contribution is -0.271. The van der Waals surface area contributed by atoms with Gasteiger partial charge in [-0.05, 0) is 60.1 Å². The molecule has 12 atom stereocenters. The average Bonchev–Trinajstić information content (AvgIpc) is 3.03.